The Morgan fingerprint density at radius 1 is 1.55 bits per heavy atom. The number of carbonyl (C=O) groups excluding carboxylic acids is 1. The van der Waals surface area contributed by atoms with Gasteiger partial charge in [0, 0.05) is 24.4 Å². The number of aromatic nitrogens is 1. The van der Waals surface area contributed by atoms with Crippen LogP contribution in [-0.4, -0.2) is 30.1 Å². The molecule has 0 saturated heterocycles. The number of guanidine groups is 1. The zero-order valence-electron chi connectivity index (χ0n) is 11.4. The lowest BCUT2D eigenvalue weighted by atomic mass is 9.84. The molecule has 1 saturated carbocycles. The largest absolute Gasteiger partial charge is 0.370 e. The molecule has 7 nitrogen and oxygen atoms in total. The average molecular weight is 296 g/mol. The molecule has 2 unspecified atom stereocenters. The van der Waals surface area contributed by atoms with Crippen LogP contribution in [-0.2, 0) is 0 Å². The van der Waals surface area contributed by atoms with Crippen LogP contribution in [0, 0.1) is 5.41 Å². The number of carbonyl (C=O) groups is 1. The summed E-state index contributed by atoms with van der Waals surface area (Å²) in [5, 5.41) is 18.1. The highest BCUT2D eigenvalue weighted by atomic mass is 32.1. The van der Waals surface area contributed by atoms with Crippen LogP contribution in [0.5, 0.6) is 0 Å². The fourth-order valence-corrected chi connectivity index (χ4v) is 3.30. The van der Waals surface area contributed by atoms with Gasteiger partial charge in [0.2, 0.25) is 0 Å². The van der Waals surface area contributed by atoms with Crippen molar-refractivity contribution in [3.8, 4) is 0 Å². The van der Waals surface area contributed by atoms with Crippen molar-refractivity contribution < 1.29 is 4.79 Å². The van der Waals surface area contributed by atoms with Crippen molar-refractivity contribution in [2.45, 2.75) is 37.6 Å². The Bertz CT molecular complexity index is 488. The number of hydrogen-bond donors (Lipinski definition) is 5. The summed E-state index contributed by atoms with van der Waals surface area (Å²) in [5.74, 6) is 0.248. The van der Waals surface area contributed by atoms with E-state index in [0.29, 0.717) is 11.0 Å². The predicted octanol–water partition coefficient (Wildman–Crippen LogP) is 1.40. The van der Waals surface area contributed by atoms with Gasteiger partial charge in [0.25, 0.3) is 0 Å². The highest BCUT2D eigenvalue weighted by Gasteiger charge is 2.25. The average Bonchev–Trinajstić information content (AvgIpc) is 2.86. The van der Waals surface area contributed by atoms with E-state index in [2.05, 4.69) is 20.9 Å². The Hall–Kier alpha value is -1.83. The molecule has 1 fully saturated rings. The Labute approximate surface area is 121 Å². The normalized spacial score (nSPS) is 22.1. The van der Waals surface area contributed by atoms with Gasteiger partial charge in [-0.1, -0.05) is 6.42 Å². The molecular formula is C12H20N6OS. The Kier molecular flexibility index (Phi) is 4.78. The topological polar surface area (TPSA) is 116 Å². The zero-order chi connectivity index (χ0) is 14.5. The number of anilines is 1. The first-order valence-electron chi connectivity index (χ1n) is 6.63. The van der Waals surface area contributed by atoms with E-state index in [4.69, 9.17) is 11.1 Å². The molecular weight excluding hydrogens is 276 g/mol. The molecule has 0 spiro atoms. The first-order valence-corrected chi connectivity index (χ1v) is 7.51. The van der Waals surface area contributed by atoms with Crippen molar-refractivity contribution in [2.75, 3.05) is 12.4 Å². The maximum Gasteiger partial charge on any atom is 0.314 e. The Balaban J connectivity index is 1.96. The molecule has 1 aromatic heterocycles. The lowest BCUT2D eigenvalue weighted by Gasteiger charge is -2.28. The number of hydrogen-bond acceptors (Lipinski definition) is 4. The second kappa shape index (κ2) is 6.56. The van der Waals surface area contributed by atoms with E-state index < -0.39 is 0 Å². The molecule has 2 rings (SSSR count). The van der Waals surface area contributed by atoms with E-state index in [1.807, 2.05) is 5.38 Å². The van der Waals surface area contributed by atoms with Crippen LogP contribution in [0.1, 0.15) is 37.3 Å². The first-order chi connectivity index (χ1) is 9.58. The van der Waals surface area contributed by atoms with Gasteiger partial charge in [-0.3, -0.25) is 5.41 Å². The van der Waals surface area contributed by atoms with Crippen molar-refractivity contribution in [2.24, 2.45) is 5.73 Å². The molecule has 0 aliphatic heterocycles. The highest BCUT2D eigenvalue weighted by Crippen LogP contribution is 2.34. The maximum atomic E-state index is 11.4. The fraction of sp³-hybridized carbons (Fsp3) is 0.583. The van der Waals surface area contributed by atoms with Gasteiger partial charge in [-0.15, -0.1) is 11.3 Å². The second-order valence-corrected chi connectivity index (χ2v) is 5.76. The summed E-state index contributed by atoms with van der Waals surface area (Å²) in [7, 11) is 1.62. The van der Waals surface area contributed by atoms with Crippen LogP contribution >= 0.6 is 11.3 Å². The van der Waals surface area contributed by atoms with Crippen LogP contribution in [0.25, 0.3) is 0 Å². The quantitative estimate of drug-likeness (QED) is 0.428. The van der Waals surface area contributed by atoms with Gasteiger partial charge in [0.15, 0.2) is 11.1 Å². The minimum atomic E-state index is -0.132. The van der Waals surface area contributed by atoms with Gasteiger partial charge in [0.05, 0.1) is 5.69 Å². The molecule has 6 N–H and O–H groups in total. The van der Waals surface area contributed by atoms with Crippen molar-refractivity contribution >= 4 is 28.5 Å². The molecule has 0 bridgehead atoms. The molecule has 20 heavy (non-hydrogen) atoms. The van der Waals surface area contributed by atoms with Crippen LogP contribution in [0.2, 0.25) is 0 Å². The van der Waals surface area contributed by atoms with Crippen molar-refractivity contribution in [1.82, 2.24) is 15.6 Å². The van der Waals surface area contributed by atoms with Gasteiger partial charge < -0.3 is 21.7 Å². The van der Waals surface area contributed by atoms with Crippen LogP contribution in [0.3, 0.4) is 0 Å². The third kappa shape index (κ3) is 3.83. The van der Waals surface area contributed by atoms with Crippen molar-refractivity contribution in [1.29, 1.82) is 5.41 Å². The van der Waals surface area contributed by atoms with E-state index in [1.54, 1.807) is 7.05 Å². The van der Waals surface area contributed by atoms with Gasteiger partial charge in [-0.25, -0.2) is 9.78 Å². The highest BCUT2D eigenvalue weighted by molar-refractivity contribution is 7.13. The van der Waals surface area contributed by atoms with Crippen LogP contribution < -0.4 is 21.7 Å². The standard InChI is InChI=1S/C12H20N6OS/c1-15-11(19)16-8-4-2-3-7(5-8)9-6-20-12(17-9)18-10(13)14/h6-8H,2-5H2,1H3,(H2,15,16,19)(H4,13,14,17,18). The van der Waals surface area contributed by atoms with Crippen molar-refractivity contribution in [3.05, 3.63) is 11.1 Å². The summed E-state index contributed by atoms with van der Waals surface area (Å²) in [6.07, 6.45) is 4.06. The third-order valence-corrected chi connectivity index (χ3v) is 4.19. The number of urea groups is 1. The number of rotatable bonds is 3. The summed E-state index contributed by atoms with van der Waals surface area (Å²) in [6, 6.07) is 0.0625. The number of thiazole rings is 1. The van der Waals surface area contributed by atoms with Gasteiger partial charge in [-0.05, 0) is 19.3 Å². The molecule has 8 heteroatoms. The van der Waals surface area contributed by atoms with E-state index in [9.17, 15) is 4.79 Å². The Morgan fingerprint density at radius 3 is 3.05 bits per heavy atom. The summed E-state index contributed by atoms with van der Waals surface area (Å²) < 4.78 is 0. The number of nitrogens with two attached hydrogens (primary N) is 1. The fourth-order valence-electron chi connectivity index (χ4n) is 2.49. The Morgan fingerprint density at radius 2 is 2.35 bits per heavy atom. The smallest absolute Gasteiger partial charge is 0.314 e. The van der Waals surface area contributed by atoms with Crippen LogP contribution in [0.4, 0.5) is 9.93 Å². The molecule has 2 amide bonds. The minimum Gasteiger partial charge on any atom is -0.370 e. The molecule has 0 aromatic carbocycles. The lowest BCUT2D eigenvalue weighted by molar-refractivity contribution is 0.232. The van der Waals surface area contributed by atoms with Crippen molar-refractivity contribution in [3.63, 3.8) is 0 Å². The lowest BCUT2D eigenvalue weighted by Crippen LogP contribution is -2.42. The molecule has 1 aliphatic rings. The first kappa shape index (κ1) is 14.6. The zero-order valence-corrected chi connectivity index (χ0v) is 12.2. The third-order valence-electron chi connectivity index (χ3n) is 3.42. The van der Waals surface area contributed by atoms with E-state index in [0.717, 1.165) is 31.4 Å². The number of nitrogens with zero attached hydrogens (tertiary/aromatic N) is 1. The second-order valence-electron chi connectivity index (χ2n) is 4.90. The number of amides is 2. The monoisotopic (exact) mass is 296 g/mol. The molecule has 1 heterocycles. The predicted molar refractivity (Wildman–Crippen MR) is 80.2 cm³/mol. The van der Waals surface area contributed by atoms with E-state index in [1.165, 1.54) is 11.3 Å². The number of nitrogens with one attached hydrogen (secondary N) is 4. The molecule has 1 aromatic rings. The summed E-state index contributed by atoms with van der Waals surface area (Å²) >= 11 is 1.45. The van der Waals surface area contributed by atoms with Crippen LogP contribution in [0.15, 0.2) is 5.38 Å². The maximum absolute atomic E-state index is 11.4. The molecule has 2 atom stereocenters. The minimum absolute atomic E-state index is 0.103. The van der Waals surface area contributed by atoms with Gasteiger partial charge in [0.1, 0.15) is 0 Å². The summed E-state index contributed by atoms with van der Waals surface area (Å²) in [4.78, 5) is 15.8. The SMILES string of the molecule is CNC(=O)NC1CCCC(c2csc(NC(=N)N)n2)C1. The molecule has 0 radical (unpaired) electrons. The van der Waals surface area contributed by atoms with E-state index >= 15 is 0 Å². The van der Waals surface area contributed by atoms with Gasteiger partial charge in [-0.2, -0.15) is 0 Å². The van der Waals surface area contributed by atoms with Gasteiger partial charge >= 0.3 is 6.03 Å². The van der Waals surface area contributed by atoms with E-state index in [-0.39, 0.29) is 18.0 Å². The molecule has 1 aliphatic carbocycles. The summed E-state index contributed by atoms with van der Waals surface area (Å²) in [6.45, 7) is 0. The molecule has 110 valence electrons. The summed E-state index contributed by atoms with van der Waals surface area (Å²) in [5.41, 5.74) is 6.30.